The van der Waals surface area contributed by atoms with Crippen LogP contribution >= 0.6 is 11.3 Å². The van der Waals surface area contributed by atoms with Crippen LogP contribution in [-0.2, 0) is 31.2 Å². The van der Waals surface area contributed by atoms with E-state index < -0.39 is 0 Å². The van der Waals surface area contributed by atoms with Gasteiger partial charge in [0.05, 0.1) is 24.5 Å². The van der Waals surface area contributed by atoms with E-state index in [-0.39, 0.29) is 11.8 Å². The first-order chi connectivity index (χ1) is 19.5. The minimum absolute atomic E-state index is 0.205. The summed E-state index contributed by atoms with van der Waals surface area (Å²) in [7, 11) is 1.82. The Kier molecular flexibility index (Phi) is 7.77. The first-order valence-electron chi connectivity index (χ1n) is 13.8. The van der Waals surface area contributed by atoms with E-state index in [0.717, 1.165) is 80.9 Å². The lowest BCUT2D eigenvalue weighted by Crippen LogP contribution is -2.35. The van der Waals surface area contributed by atoms with Crippen molar-refractivity contribution in [3.63, 3.8) is 0 Å². The Bertz CT molecular complexity index is 1520. The number of carbonyl (C=O) groups excluding carboxylic acids is 2. The zero-order chi connectivity index (χ0) is 27.5. The molecular weight excluding hydrogens is 522 g/mol. The standard InChI is InChI=1S/C31H33N5O3S/c1-35-27(19-25(34-35)22-9-3-2-4-10-22)32-30(38)28-24-12-5-6-13-26(24)40-31(28)33-29(37)23-11-7-8-21(18-23)20-36-14-16-39-17-15-36/h2-4,7-11,18-19H,5-6,12-17,20H2,1H3,(H,32,38)(H,33,37). The third kappa shape index (κ3) is 5.72. The molecule has 0 unspecified atom stereocenters. The minimum Gasteiger partial charge on any atom is -0.379 e. The number of ether oxygens (including phenoxy) is 1. The molecule has 1 fully saturated rings. The maximum absolute atomic E-state index is 13.7. The van der Waals surface area contributed by atoms with Crippen LogP contribution in [0.15, 0.2) is 60.7 Å². The molecule has 2 aliphatic rings. The summed E-state index contributed by atoms with van der Waals surface area (Å²) in [6, 6.07) is 19.5. The van der Waals surface area contributed by atoms with E-state index in [1.165, 1.54) is 16.2 Å². The molecule has 2 amide bonds. The van der Waals surface area contributed by atoms with E-state index in [4.69, 9.17) is 4.74 Å². The lowest BCUT2D eigenvalue weighted by Gasteiger charge is -2.26. The van der Waals surface area contributed by atoms with Gasteiger partial charge < -0.3 is 15.4 Å². The smallest absolute Gasteiger partial charge is 0.260 e. The van der Waals surface area contributed by atoms with Crippen molar-refractivity contribution in [2.75, 3.05) is 36.9 Å². The number of aryl methyl sites for hydroxylation is 2. The Morgan fingerprint density at radius 2 is 1.75 bits per heavy atom. The van der Waals surface area contributed by atoms with E-state index >= 15 is 0 Å². The van der Waals surface area contributed by atoms with Crippen molar-refractivity contribution < 1.29 is 14.3 Å². The highest BCUT2D eigenvalue weighted by Gasteiger charge is 2.27. The Hall–Kier alpha value is -3.79. The van der Waals surface area contributed by atoms with Gasteiger partial charge in [0.2, 0.25) is 0 Å². The normalized spacial score (nSPS) is 15.4. The van der Waals surface area contributed by atoms with Crippen molar-refractivity contribution in [3.05, 3.63) is 87.8 Å². The Morgan fingerprint density at radius 1 is 0.950 bits per heavy atom. The zero-order valence-corrected chi connectivity index (χ0v) is 23.4. The van der Waals surface area contributed by atoms with Gasteiger partial charge in [-0.3, -0.25) is 19.2 Å². The van der Waals surface area contributed by atoms with Crippen LogP contribution in [0.1, 0.15) is 49.6 Å². The van der Waals surface area contributed by atoms with Gasteiger partial charge in [0.25, 0.3) is 11.8 Å². The molecule has 0 spiro atoms. The number of fused-ring (bicyclic) bond motifs is 1. The average Bonchev–Trinajstić information content (AvgIpc) is 3.53. The van der Waals surface area contributed by atoms with Gasteiger partial charge in [-0.05, 0) is 48.9 Å². The maximum Gasteiger partial charge on any atom is 0.260 e. The molecule has 3 heterocycles. The second-order valence-electron chi connectivity index (χ2n) is 10.3. The summed E-state index contributed by atoms with van der Waals surface area (Å²) in [5, 5.41) is 11.3. The van der Waals surface area contributed by atoms with Crippen LogP contribution in [0.25, 0.3) is 11.3 Å². The fraction of sp³-hybridized carbons (Fsp3) is 0.323. The van der Waals surface area contributed by atoms with E-state index in [1.54, 1.807) is 4.68 Å². The van der Waals surface area contributed by atoms with Crippen molar-refractivity contribution >= 4 is 34.0 Å². The first kappa shape index (κ1) is 26.4. The monoisotopic (exact) mass is 555 g/mol. The van der Waals surface area contributed by atoms with E-state index in [1.807, 2.05) is 67.7 Å². The van der Waals surface area contributed by atoms with Gasteiger partial charge in [-0.15, -0.1) is 11.3 Å². The molecule has 9 heteroatoms. The Labute approximate surface area is 238 Å². The summed E-state index contributed by atoms with van der Waals surface area (Å²) >= 11 is 1.53. The van der Waals surface area contributed by atoms with E-state index in [2.05, 4.69) is 20.6 Å². The Balaban J connectivity index is 1.23. The molecule has 1 aliphatic heterocycles. The van der Waals surface area contributed by atoms with Gasteiger partial charge in [-0.1, -0.05) is 42.5 Å². The van der Waals surface area contributed by atoms with Gasteiger partial charge in [-0.25, -0.2) is 0 Å². The number of nitrogens with zero attached hydrogens (tertiary/aromatic N) is 3. The van der Waals surface area contributed by atoms with Crippen LogP contribution in [0.4, 0.5) is 10.8 Å². The van der Waals surface area contributed by atoms with Crippen molar-refractivity contribution in [1.82, 2.24) is 14.7 Å². The molecule has 8 nitrogen and oxygen atoms in total. The second-order valence-corrected chi connectivity index (χ2v) is 11.4. The molecule has 0 bridgehead atoms. The largest absolute Gasteiger partial charge is 0.379 e. The number of aromatic nitrogens is 2. The third-order valence-corrected chi connectivity index (χ3v) is 8.72. The molecule has 1 saturated heterocycles. The summed E-state index contributed by atoms with van der Waals surface area (Å²) in [4.78, 5) is 30.7. The van der Waals surface area contributed by atoms with Crippen molar-refractivity contribution in [3.8, 4) is 11.3 Å². The fourth-order valence-electron chi connectivity index (χ4n) is 5.41. The molecule has 0 saturated carbocycles. The molecule has 0 radical (unpaired) electrons. The van der Waals surface area contributed by atoms with Crippen molar-refractivity contribution in [1.29, 1.82) is 0 Å². The van der Waals surface area contributed by atoms with Crippen LogP contribution in [0.5, 0.6) is 0 Å². The molecule has 40 heavy (non-hydrogen) atoms. The molecule has 206 valence electrons. The summed E-state index contributed by atoms with van der Waals surface area (Å²) in [6.07, 6.45) is 3.88. The first-order valence-corrected chi connectivity index (χ1v) is 14.6. The predicted molar refractivity (Wildman–Crippen MR) is 158 cm³/mol. The molecule has 6 rings (SSSR count). The molecule has 2 aromatic heterocycles. The molecule has 1 aliphatic carbocycles. The number of anilines is 2. The maximum atomic E-state index is 13.7. The van der Waals surface area contributed by atoms with Gasteiger partial charge in [0.15, 0.2) is 0 Å². The van der Waals surface area contributed by atoms with Crippen LogP contribution in [0, 0.1) is 0 Å². The van der Waals surface area contributed by atoms with Crippen LogP contribution in [0.2, 0.25) is 0 Å². The lowest BCUT2D eigenvalue weighted by atomic mass is 9.95. The summed E-state index contributed by atoms with van der Waals surface area (Å²) in [6.45, 7) is 4.03. The summed E-state index contributed by atoms with van der Waals surface area (Å²) in [5.41, 5.74) is 5.06. The number of thiophene rings is 1. The topological polar surface area (TPSA) is 88.5 Å². The number of nitrogens with one attached hydrogen (secondary N) is 2. The highest BCUT2D eigenvalue weighted by molar-refractivity contribution is 7.17. The van der Waals surface area contributed by atoms with Gasteiger partial charge >= 0.3 is 0 Å². The number of hydrogen-bond donors (Lipinski definition) is 2. The quantitative estimate of drug-likeness (QED) is 0.320. The van der Waals surface area contributed by atoms with Gasteiger partial charge in [-0.2, -0.15) is 5.10 Å². The summed E-state index contributed by atoms with van der Waals surface area (Å²) < 4.78 is 7.13. The number of morpholine rings is 1. The zero-order valence-electron chi connectivity index (χ0n) is 22.6. The van der Waals surface area contributed by atoms with Gasteiger partial charge in [0, 0.05) is 48.8 Å². The average molecular weight is 556 g/mol. The molecule has 0 atom stereocenters. The third-order valence-electron chi connectivity index (χ3n) is 7.52. The second kappa shape index (κ2) is 11.8. The number of carbonyl (C=O) groups is 2. The van der Waals surface area contributed by atoms with Crippen LogP contribution in [0.3, 0.4) is 0 Å². The Morgan fingerprint density at radius 3 is 2.58 bits per heavy atom. The van der Waals surface area contributed by atoms with Crippen LogP contribution in [-0.4, -0.2) is 52.8 Å². The van der Waals surface area contributed by atoms with E-state index in [9.17, 15) is 9.59 Å². The highest BCUT2D eigenvalue weighted by Crippen LogP contribution is 2.39. The van der Waals surface area contributed by atoms with Crippen molar-refractivity contribution in [2.45, 2.75) is 32.2 Å². The highest BCUT2D eigenvalue weighted by atomic mass is 32.1. The minimum atomic E-state index is -0.224. The number of amides is 2. The number of rotatable bonds is 7. The molecular formula is C31H33N5O3S. The molecule has 4 aromatic rings. The van der Waals surface area contributed by atoms with Gasteiger partial charge in [0.1, 0.15) is 10.8 Å². The van der Waals surface area contributed by atoms with Crippen LogP contribution < -0.4 is 10.6 Å². The SMILES string of the molecule is Cn1nc(-c2ccccc2)cc1NC(=O)c1c(NC(=O)c2cccc(CN3CCOCC3)c2)sc2c1CCCC2. The number of benzene rings is 2. The predicted octanol–water partition coefficient (Wildman–Crippen LogP) is 5.36. The molecule has 2 aromatic carbocycles. The lowest BCUT2D eigenvalue weighted by molar-refractivity contribution is 0.0342. The van der Waals surface area contributed by atoms with E-state index in [0.29, 0.717) is 21.9 Å². The summed E-state index contributed by atoms with van der Waals surface area (Å²) in [5.74, 6) is 0.175. The van der Waals surface area contributed by atoms with Crippen molar-refractivity contribution in [2.24, 2.45) is 7.05 Å². The molecule has 2 N–H and O–H groups in total. The number of hydrogen-bond acceptors (Lipinski definition) is 6. The fourth-order valence-corrected chi connectivity index (χ4v) is 6.69.